The highest BCUT2D eigenvalue weighted by Gasteiger charge is 2.22. The van der Waals surface area contributed by atoms with Gasteiger partial charge in [-0.3, -0.25) is 0 Å². The number of nitrogens with zero attached hydrogens (tertiary/aromatic N) is 1. The molecule has 0 aliphatic rings. The van der Waals surface area contributed by atoms with E-state index in [-0.39, 0.29) is 0 Å². The summed E-state index contributed by atoms with van der Waals surface area (Å²) in [5.74, 6) is 1.78. The predicted molar refractivity (Wildman–Crippen MR) is 98.9 cm³/mol. The van der Waals surface area contributed by atoms with Crippen molar-refractivity contribution in [2.75, 3.05) is 0 Å². The third-order valence-corrected chi connectivity index (χ3v) is 4.39. The topological polar surface area (TPSA) is 3.88 Å². The van der Waals surface area contributed by atoms with Crippen molar-refractivity contribution in [1.29, 1.82) is 0 Å². The van der Waals surface area contributed by atoms with E-state index >= 15 is 0 Å². The van der Waals surface area contributed by atoms with E-state index in [1.807, 2.05) is 0 Å². The first-order chi connectivity index (χ1) is 10.9. The first-order valence-corrected chi connectivity index (χ1v) is 8.98. The molecule has 0 bridgehead atoms. The van der Waals surface area contributed by atoms with Gasteiger partial charge in [-0.05, 0) is 23.8 Å². The zero-order valence-corrected chi connectivity index (χ0v) is 15.6. The highest BCUT2D eigenvalue weighted by molar-refractivity contribution is 5.27. The van der Waals surface area contributed by atoms with E-state index in [0.29, 0.717) is 17.8 Å². The van der Waals surface area contributed by atoms with Crippen molar-refractivity contribution in [3.8, 4) is 0 Å². The smallest absolute Gasteiger partial charge is 0.185 e. The lowest BCUT2D eigenvalue weighted by atomic mass is 9.92. The van der Waals surface area contributed by atoms with Crippen molar-refractivity contribution in [2.24, 2.45) is 5.92 Å². The van der Waals surface area contributed by atoms with Gasteiger partial charge in [-0.2, -0.15) is 4.57 Å². The van der Waals surface area contributed by atoms with Crippen LogP contribution in [-0.4, -0.2) is 0 Å². The zero-order chi connectivity index (χ0) is 17.0. The Balaban J connectivity index is 2.54. The molecule has 2 aromatic rings. The minimum atomic E-state index is 0.558. The van der Waals surface area contributed by atoms with Crippen LogP contribution in [0.4, 0.5) is 0 Å². The van der Waals surface area contributed by atoms with Crippen LogP contribution in [0.5, 0.6) is 0 Å². The monoisotopic (exact) mass is 310 g/mol. The molecular weight excluding hydrogens is 278 g/mol. The number of rotatable bonds is 6. The minimum absolute atomic E-state index is 0.558. The van der Waals surface area contributed by atoms with E-state index in [1.54, 1.807) is 0 Å². The van der Waals surface area contributed by atoms with Gasteiger partial charge in [0.15, 0.2) is 18.4 Å². The van der Waals surface area contributed by atoms with Crippen LogP contribution in [0.1, 0.15) is 75.8 Å². The van der Waals surface area contributed by atoms with Gasteiger partial charge in [-0.15, -0.1) is 0 Å². The Morgan fingerprint density at radius 2 is 1.52 bits per heavy atom. The van der Waals surface area contributed by atoms with Crippen LogP contribution in [0.25, 0.3) is 0 Å². The maximum absolute atomic E-state index is 2.50. The van der Waals surface area contributed by atoms with E-state index in [2.05, 4.69) is 88.7 Å². The van der Waals surface area contributed by atoms with Crippen molar-refractivity contribution in [2.45, 2.75) is 66.3 Å². The Hall–Kier alpha value is -1.63. The van der Waals surface area contributed by atoms with Gasteiger partial charge in [0.05, 0.1) is 0 Å². The number of hydrogen-bond donors (Lipinski definition) is 0. The molecule has 0 N–H and O–H groups in total. The standard InChI is InChI=1S/C22H32N/c1-16(2)12-22-21(18(5)6)13-20(17(3)4)15-23(22)14-19-10-8-7-9-11-19/h7-11,13,15-18H,12,14H2,1-6H3/q+1. The summed E-state index contributed by atoms with van der Waals surface area (Å²) in [4.78, 5) is 0. The lowest BCUT2D eigenvalue weighted by Gasteiger charge is -2.17. The maximum atomic E-state index is 2.50. The predicted octanol–water partition coefficient (Wildman–Crippen LogP) is 5.47. The molecule has 0 spiro atoms. The van der Waals surface area contributed by atoms with E-state index < -0.39 is 0 Å². The first-order valence-electron chi connectivity index (χ1n) is 8.98. The summed E-state index contributed by atoms with van der Waals surface area (Å²) in [7, 11) is 0. The minimum Gasteiger partial charge on any atom is -0.198 e. The van der Waals surface area contributed by atoms with E-state index in [0.717, 1.165) is 13.0 Å². The largest absolute Gasteiger partial charge is 0.198 e. The lowest BCUT2D eigenvalue weighted by molar-refractivity contribution is -0.696. The Morgan fingerprint density at radius 3 is 2.04 bits per heavy atom. The summed E-state index contributed by atoms with van der Waals surface area (Å²) in [6, 6.07) is 13.2. The van der Waals surface area contributed by atoms with Crippen molar-refractivity contribution >= 4 is 0 Å². The highest BCUT2D eigenvalue weighted by atomic mass is 15.0. The second-order valence-corrected chi connectivity index (χ2v) is 7.70. The van der Waals surface area contributed by atoms with Crippen molar-refractivity contribution in [3.63, 3.8) is 0 Å². The highest BCUT2D eigenvalue weighted by Crippen LogP contribution is 2.24. The van der Waals surface area contributed by atoms with Crippen molar-refractivity contribution < 1.29 is 4.57 Å². The molecule has 1 heterocycles. The van der Waals surface area contributed by atoms with E-state index in [9.17, 15) is 0 Å². The Labute approximate surface area is 142 Å². The number of benzene rings is 1. The fraction of sp³-hybridized carbons (Fsp3) is 0.500. The van der Waals surface area contributed by atoms with Crippen LogP contribution in [0.2, 0.25) is 0 Å². The summed E-state index contributed by atoms with van der Waals surface area (Å²) in [5.41, 5.74) is 5.83. The summed E-state index contributed by atoms with van der Waals surface area (Å²) in [6.07, 6.45) is 3.51. The molecule has 0 aliphatic carbocycles. The molecular formula is C22H32N+. The van der Waals surface area contributed by atoms with Crippen LogP contribution in [0.15, 0.2) is 42.6 Å². The average molecular weight is 311 g/mol. The Bertz CT molecular complexity index is 624. The fourth-order valence-corrected chi connectivity index (χ4v) is 3.08. The normalized spacial score (nSPS) is 11.7. The van der Waals surface area contributed by atoms with Crippen LogP contribution in [-0.2, 0) is 13.0 Å². The number of aromatic nitrogens is 1. The molecule has 0 amide bonds. The van der Waals surface area contributed by atoms with Crippen LogP contribution >= 0.6 is 0 Å². The molecule has 2 rings (SSSR count). The summed E-state index contributed by atoms with van der Waals surface area (Å²) < 4.78 is 2.50. The Morgan fingerprint density at radius 1 is 0.870 bits per heavy atom. The van der Waals surface area contributed by atoms with Gasteiger partial charge in [-0.25, -0.2) is 0 Å². The quantitative estimate of drug-likeness (QED) is 0.623. The third kappa shape index (κ3) is 4.67. The summed E-state index contributed by atoms with van der Waals surface area (Å²) >= 11 is 0. The van der Waals surface area contributed by atoms with Gasteiger partial charge in [0.1, 0.15) is 0 Å². The van der Waals surface area contributed by atoms with E-state index in [1.165, 1.54) is 22.4 Å². The summed E-state index contributed by atoms with van der Waals surface area (Å²) in [6.45, 7) is 14.8. The molecule has 1 aromatic carbocycles. The van der Waals surface area contributed by atoms with Crippen molar-refractivity contribution in [3.05, 3.63) is 65.0 Å². The summed E-state index contributed by atoms with van der Waals surface area (Å²) in [5, 5.41) is 0. The number of pyridine rings is 1. The second kappa shape index (κ2) is 7.77. The van der Waals surface area contributed by atoms with Crippen LogP contribution in [0, 0.1) is 5.92 Å². The molecule has 0 saturated carbocycles. The molecule has 0 aliphatic heterocycles. The molecule has 1 nitrogen and oxygen atoms in total. The number of hydrogen-bond acceptors (Lipinski definition) is 0. The maximum Gasteiger partial charge on any atom is 0.185 e. The molecule has 0 fully saturated rings. The Kier molecular flexibility index (Phi) is 5.98. The SMILES string of the molecule is CC(C)Cc1c(C(C)C)cc(C(C)C)c[n+]1Cc1ccccc1. The molecule has 0 radical (unpaired) electrons. The van der Waals surface area contributed by atoms with Gasteiger partial charge in [0.25, 0.3) is 0 Å². The average Bonchev–Trinajstić information content (AvgIpc) is 2.48. The first kappa shape index (κ1) is 17.7. The van der Waals surface area contributed by atoms with Gasteiger partial charge >= 0.3 is 0 Å². The van der Waals surface area contributed by atoms with Gasteiger partial charge < -0.3 is 0 Å². The van der Waals surface area contributed by atoms with Crippen LogP contribution < -0.4 is 4.57 Å². The second-order valence-electron chi connectivity index (χ2n) is 7.70. The van der Waals surface area contributed by atoms with Gasteiger partial charge in [0, 0.05) is 23.1 Å². The van der Waals surface area contributed by atoms with E-state index in [4.69, 9.17) is 0 Å². The van der Waals surface area contributed by atoms with Gasteiger partial charge in [-0.1, -0.05) is 71.9 Å². The molecule has 0 saturated heterocycles. The van der Waals surface area contributed by atoms with Crippen molar-refractivity contribution in [1.82, 2.24) is 0 Å². The molecule has 0 atom stereocenters. The molecule has 124 valence electrons. The lowest BCUT2D eigenvalue weighted by Crippen LogP contribution is -2.41. The fourth-order valence-electron chi connectivity index (χ4n) is 3.08. The molecule has 1 aromatic heterocycles. The molecule has 0 unspecified atom stereocenters. The molecule has 1 heteroatoms. The molecule has 23 heavy (non-hydrogen) atoms. The van der Waals surface area contributed by atoms with Gasteiger partial charge in [0.2, 0.25) is 0 Å². The third-order valence-electron chi connectivity index (χ3n) is 4.39. The zero-order valence-electron chi connectivity index (χ0n) is 15.6. The van der Waals surface area contributed by atoms with Crippen LogP contribution in [0.3, 0.4) is 0 Å².